The lowest BCUT2D eigenvalue weighted by Gasteiger charge is -2.04. The number of hydrogen-bond donors (Lipinski definition) is 0. The summed E-state index contributed by atoms with van der Waals surface area (Å²) in [5, 5.41) is 0. The van der Waals surface area contributed by atoms with Crippen molar-refractivity contribution in [2.24, 2.45) is 5.92 Å². The van der Waals surface area contributed by atoms with E-state index in [1.807, 2.05) is 0 Å². The van der Waals surface area contributed by atoms with Gasteiger partial charge in [0, 0.05) is 0 Å². The van der Waals surface area contributed by atoms with Gasteiger partial charge in [-0.05, 0) is 12.3 Å². The van der Waals surface area contributed by atoms with Crippen LogP contribution in [0.25, 0.3) is 0 Å². The van der Waals surface area contributed by atoms with Gasteiger partial charge in [-0.1, -0.05) is 85.0 Å². The maximum atomic E-state index is 2.32. The van der Waals surface area contributed by atoms with Crippen molar-refractivity contribution in [3.8, 4) is 0 Å². The zero-order chi connectivity index (χ0) is 11.4. The smallest absolute Gasteiger partial charge is 0.0417 e. The number of hydrogen-bond acceptors (Lipinski definition) is 0. The molecule has 0 fully saturated rings. The Labute approximate surface area is 97.8 Å². The van der Waals surface area contributed by atoms with Crippen LogP contribution in [-0.2, 0) is 0 Å². The average Bonchev–Trinajstić information content (AvgIpc) is 2.20. The molecule has 0 aromatic rings. The van der Waals surface area contributed by atoms with Gasteiger partial charge in [-0.2, -0.15) is 0 Å². The van der Waals surface area contributed by atoms with Gasteiger partial charge >= 0.3 is 0 Å². The second-order valence-electron chi connectivity index (χ2n) is 5.21. The third kappa shape index (κ3) is 14.0. The van der Waals surface area contributed by atoms with Gasteiger partial charge < -0.3 is 0 Å². The van der Waals surface area contributed by atoms with Crippen LogP contribution in [0.15, 0.2) is 0 Å². The molecule has 0 heteroatoms. The van der Waals surface area contributed by atoms with Crippen LogP contribution in [0, 0.1) is 12.3 Å². The minimum Gasteiger partial charge on any atom is -0.0628 e. The first-order valence-electron chi connectivity index (χ1n) is 7.05. The Morgan fingerprint density at radius 3 is 1.67 bits per heavy atom. The molecule has 0 aliphatic rings. The van der Waals surface area contributed by atoms with Crippen LogP contribution in [-0.4, -0.2) is 0 Å². The van der Waals surface area contributed by atoms with E-state index >= 15 is 0 Å². The Morgan fingerprint density at radius 1 is 0.733 bits per heavy atom. The Bertz CT molecular complexity index is 105. The summed E-state index contributed by atoms with van der Waals surface area (Å²) in [4.78, 5) is 0. The molecular formula is C15H31. The number of unbranched alkanes of at least 4 members (excludes halogenated alkanes) is 9. The predicted molar refractivity (Wildman–Crippen MR) is 71.0 cm³/mol. The average molecular weight is 211 g/mol. The minimum absolute atomic E-state index is 0.898. The van der Waals surface area contributed by atoms with E-state index in [4.69, 9.17) is 0 Å². The van der Waals surface area contributed by atoms with Gasteiger partial charge in [-0.3, -0.25) is 0 Å². The molecule has 0 amide bonds. The van der Waals surface area contributed by atoms with E-state index < -0.39 is 0 Å². The lowest BCUT2D eigenvalue weighted by molar-refractivity contribution is 0.507. The lowest BCUT2D eigenvalue weighted by atomic mass is 10.0. The first-order chi connectivity index (χ1) is 7.27. The standard InChI is InChI=1S/C15H31/c1-4-5-6-7-8-9-10-11-12-13-14-15(2)3/h4,15H,5-14H2,1-3H3. The quantitative estimate of drug-likeness (QED) is 0.381. The van der Waals surface area contributed by atoms with Crippen molar-refractivity contribution in [1.29, 1.82) is 0 Å². The fraction of sp³-hybridized carbons (Fsp3) is 0.933. The van der Waals surface area contributed by atoms with Crippen molar-refractivity contribution in [2.75, 3.05) is 0 Å². The largest absolute Gasteiger partial charge is 0.0628 e. The molecule has 0 aromatic carbocycles. The highest BCUT2D eigenvalue weighted by atomic mass is 14.0. The zero-order valence-electron chi connectivity index (χ0n) is 11.2. The molecule has 0 spiro atoms. The highest BCUT2D eigenvalue weighted by Gasteiger charge is 1.94. The van der Waals surface area contributed by atoms with Crippen LogP contribution in [0.3, 0.4) is 0 Å². The van der Waals surface area contributed by atoms with Gasteiger partial charge in [-0.15, -0.1) is 0 Å². The molecule has 0 nitrogen and oxygen atoms in total. The fourth-order valence-electron chi connectivity index (χ4n) is 1.96. The van der Waals surface area contributed by atoms with E-state index in [1.54, 1.807) is 0 Å². The van der Waals surface area contributed by atoms with E-state index in [2.05, 4.69) is 27.2 Å². The van der Waals surface area contributed by atoms with Gasteiger partial charge in [0.2, 0.25) is 0 Å². The lowest BCUT2D eigenvalue weighted by Crippen LogP contribution is -1.87. The van der Waals surface area contributed by atoms with Gasteiger partial charge in [0.05, 0.1) is 0 Å². The van der Waals surface area contributed by atoms with E-state index in [1.165, 1.54) is 64.2 Å². The van der Waals surface area contributed by atoms with Gasteiger partial charge in [0.25, 0.3) is 0 Å². The third-order valence-corrected chi connectivity index (χ3v) is 3.02. The summed E-state index contributed by atoms with van der Waals surface area (Å²) in [7, 11) is 0. The summed E-state index contributed by atoms with van der Waals surface area (Å²) in [5.41, 5.74) is 0. The van der Waals surface area contributed by atoms with E-state index in [-0.39, 0.29) is 0 Å². The first-order valence-corrected chi connectivity index (χ1v) is 7.05. The third-order valence-electron chi connectivity index (χ3n) is 3.02. The maximum absolute atomic E-state index is 2.32. The molecule has 0 N–H and O–H groups in total. The number of rotatable bonds is 11. The Morgan fingerprint density at radius 2 is 1.20 bits per heavy atom. The molecule has 0 unspecified atom stereocenters. The summed E-state index contributed by atoms with van der Waals surface area (Å²) < 4.78 is 0. The highest BCUT2D eigenvalue weighted by molar-refractivity contribution is 4.55. The monoisotopic (exact) mass is 211 g/mol. The normalized spacial score (nSPS) is 11.2. The summed E-state index contributed by atoms with van der Waals surface area (Å²) in [6.07, 6.45) is 16.6. The van der Waals surface area contributed by atoms with Gasteiger partial charge in [0.1, 0.15) is 0 Å². The van der Waals surface area contributed by atoms with E-state index in [0.717, 1.165) is 5.92 Å². The summed E-state index contributed by atoms with van der Waals surface area (Å²) in [6, 6.07) is 0. The Balaban J connectivity index is 2.87. The summed E-state index contributed by atoms with van der Waals surface area (Å²) in [6.45, 7) is 6.81. The van der Waals surface area contributed by atoms with Crippen LogP contribution < -0.4 is 0 Å². The van der Waals surface area contributed by atoms with E-state index in [0.29, 0.717) is 0 Å². The van der Waals surface area contributed by atoms with Crippen molar-refractivity contribution in [2.45, 2.75) is 85.0 Å². The highest BCUT2D eigenvalue weighted by Crippen LogP contribution is 2.13. The molecule has 15 heavy (non-hydrogen) atoms. The van der Waals surface area contributed by atoms with Crippen LogP contribution in [0.5, 0.6) is 0 Å². The van der Waals surface area contributed by atoms with Crippen LogP contribution in [0.2, 0.25) is 0 Å². The molecular weight excluding hydrogens is 180 g/mol. The van der Waals surface area contributed by atoms with Crippen LogP contribution in [0.4, 0.5) is 0 Å². The molecule has 0 saturated heterocycles. The molecule has 0 heterocycles. The maximum Gasteiger partial charge on any atom is -0.0417 e. The fourth-order valence-corrected chi connectivity index (χ4v) is 1.96. The molecule has 0 atom stereocenters. The SMILES string of the molecule is C[CH]CCCCCCCCCCC(C)C. The molecule has 0 aliphatic carbocycles. The minimum atomic E-state index is 0.898. The van der Waals surface area contributed by atoms with Crippen molar-refractivity contribution < 1.29 is 0 Å². The first kappa shape index (κ1) is 15.0. The summed E-state index contributed by atoms with van der Waals surface area (Å²) >= 11 is 0. The topological polar surface area (TPSA) is 0 Å². The molecule has 0 aromatic heterocycles. The van der Waals surface area contributed by atoms with E-state index in [9.17, 15) is 0 Å². The predicted octanol–water partition coefficient (Wildman–Crippen LogP) is 5.77. The second kappa shape index (κ2) is 12.1. The van der Waals surface area contributed by atoms with Crippen molar-refractivity contribution >= 4 is 0 Å². The summed E-state index contributed by atoms with van der Waals surface area (Å²) in [5.74, 6) is 0.898. The Hall–Kier alpha value is 0. The molecule has 0 rings (SSSR count). The second-order valence-corrected chi connectivity index (χ2v) is 5.21. The van der Waals surface area contributed by atoms with Crippen LogP contribution >= 0.6 is 0 Å². The molecule has 0 saturated carbocycles. The van der Waals surface area contributed by atoms with Crippen LogP contribution in [0.1, 0.15) is 85.0 Å². The van der Waals surface area contributed by atoms with Crippen molar-refractivity contribution in [3.63, 3.8) is 0 Å². The van der Waals surface area contributed by atoms with Gasteiger partial charge in [0.15, 0.2) is 0 Å². The molecule has 91 valence electrons. The molecule has 1 radical (unpaired) electrons. The zero-order valence-corrected chi connectivity index (χ0v) is 11.2. The molecule has 0 bridgehead atoms. The van der Waals surface area contributed by atoms with Crippen molar-refractivity contribution in [3.05, 3.63) is 6.42 Å². The molecule has 0 aliphatic heterocycles. The van der Waals surface area contributed by atoms with Crippen molar-refractivity contribution in [1.82, 2.24) is 0 Å². The van der Waals surface area contributed by atoms with Gasteiger partial charge in [-0.25, -0.2) is 0 Å². The Kier molecular flexibility index (Phi) is 12.1.